The predicted molar refractivity (Wildman–Crippen MR) is 89.5 cm³/mol. The number of halogens is 1. The summed E-state index contributed by atoms with van der Waals surface area (Å²) in [6.45, 7) is 1.69. The molecular weight excluding hydrogens is 330 g/mol. The van der Waals surface area contributed by atoms with E-state index in [-0.39, 0.29) is 12.5 Å². The van der Waals surface area contributed by atoms with Gasteiger partial charge in [0.1, 0.15) is 0 Å². The topological polar surface area (TPSA) is 91.2 Å². The number of aryl methyl sites for hydroxylation is 1. The van der Waals surface area contributed by atoms with Crippen LogP contribution in [0.4, 0.5) is 5.69 Å². The Morgan fingerprint density at radius 2 is 2.00 bits per heavy atom. The Hall–Kier alpha value is -2.86. The fourth-order valence-electron chi connectivity index (χ4n) is 2.09. The first-order valence-electron chi connectivity index (χ1n) is 7.15. The molecule has 0 atom stereocenters. The number of carbonyl (C=O) groups excluding carboxylic acids is 1. The number of hydrogen-bond acceptors (Lipinski definition) is 6. The SMILES string of the molecule is Cc1cccc(C(=O)OCc2nc(-c3ccc(Cl)cc3)no2)c1N. The molecule has 7 heteroatoms. The summed E-state index contributed by atoms with van der Waals surface area (Å²) >= 11 is 5.84. The van der Waals surface area contributed by atoms with Crippen molar-refractivity contribution in [2.45, 2.75) is 13.5 Å². The van der Waals surface area contributed by atoms with E-state index < -0.39 is 5.97 Å². The van der Waals surface area contributed by atoms with E-state index in [1.165, 1.54) is 0 Å². The largest absolute Gasteiger partial charge is 0.452 e. The van der Waals surface area contributed by atoms with Crippen LogP contribution in [0.15, 0.2) is 47.0 Å². The van der Waals surface area contributed by atoms with E-state index in [0.717, 1.165) is 11.1 Å². The molecule has 0 radical (unpaired) electrons. The Morgan fingerprint density at radius 3 is 2.75 bits per heavy atom. The predicted octanol–water partition coefficient (Wildman–Crippen LogP) is 3.64. The molecule has 0 saturated carbocycles. The minimum absolute atomic E-state index is 0.132. The van der Waals surface area contributed by atoms with Crippen LogP contribution >= 0.6 is 11.6 Å². The molecule has 0 aliphatic rings. The number of nitrogens with two attached hydrogens (primary N) is 1. The van der Waals surface area contributed by atoms with Crippen LogP contribution in [0.25, 0.3) is 11.4 Å². The van der Waals surface area contributed by atoms with Crippen molar-refractivity contribution in [3.8, 4) is 11.4 Å². The Kier molecular flexibility index (Phi) is 4.48. The van der Waals surface area contributed by atoms with Crippen LogP contribution in [0.5, 0.6) is 0 Å². The van der Waals surface area contributed by atoms with Crippen LogP contribution in [-0.4, -0.2) is 16.1 Å². The second-order valence-electron chi connectivity index (χ2n) is 5.13. The van der Waals surface area contributed by atoms with Crippen molar-refractivity contribution in [2.75, 3.05) is 5.73 Å². The van der Waals surface area contributed by atoms with Gasteiger partial charge < -0.3 is 15.0 Å². The summed E-state index contributed by atoms with van der Waals surface area (Å²) in [5.74, 6) is 0.0507. The van der Waals surface area contributed by atoms with Gasteiger partial charge in [0.15, 0.2) is 6.61 Å². The number of para-hydroxylation sites is 1. The van der Waals surface area contributed by atoms with Gasteiger partial charge in [0.2, 0.25) is 5.82 Å². The van der Waals surface area contributed by atoms with Crippen molar-refractivity contribution in [1.82, 2.24) is 10.1 Å². The molecule has 2 aromatic carbocycles. The molecule has 24 heavy (non-hydrogen) atoms. The summed E-state index contributed by atoms with van der Waals surface area (Å²) in [6.07, 6.45) is 0. The Labute approximate surface area is 143 Å². The first-order chi connectivity index (χ1) is 11.5. The molecule has 3 rings (SSSR count). The van der Waals surface area contributed by atoms with Crippen molar-refractivity contribution < 1.29 is 14.1 Å². The van der Waals surface area contributed by atoms with Crippen LogP contribution in [0, 0.1) is 6.92 Å². The first-order valence-corrected chi connectivity index (χ1v) is 7.53. The maximum absolute atomic E-state index is 12.1. The highest BCUT2D eigenvalue weighted by molar-refractivity contribution is 6.30. The third-order valence-electron chi connectivity index (χ3n) is 3.44. The lowest BCUT2D eigenvalue weighted by atomic mass is 10.1. The van der Waals surface area contributed by atoms with Crippen LogP contribution in [-0.2, 0) is 11.3 Å². The third-order valence-corrected chi connectivity index (χ3v) is 3.69. The normalized spacial score (nSPS) is 10.6. The molecule has 0 unspecified atom stereocenters. The molecule has 2 N–H and O–H groups in total. The van der Waals surface area contributed by atoms with Gasteiger partial charge in [-0.3, -0.25) is 0 Å². The minimum atomic E-state index is -0.539. The van der Waals surface area contributed by atoms with Gasteiger partial charge in [0, 0.05) is 16.3 Å². The zero-order valence-electron chi connectivity index (χ0n) is 12.8. The van der Waals surface area contributed by atoms with Crippen LogP contribution in [0.2, 0.25) is 5.02 Å². The van der Waals surface area contributed by atoms with Crippen molar-refractivity contribution in [1.29, 1.82) is 0 Å². The van der Waals surface area contributed by atoms with Gasteiger partial charge in [-0.25, -0.2) is 4.79 Å². The van der Waals surface area contributed by atoms with Crippen molar-refractivity contribution >= 4 is 23.3 Å². The summed E-state index contributed by atoms with van der Waals surface area (Å²) in [5.41, 5.74) is 8.16. The molecule has 0 fully saturated rings. The number of aromatic nitrogens is 2. The summed E-state index contributed by atoms with van der Waals surface area (Å²) in [6, 6.07) is 12.2. The number of nitrogen functional groups attached to an aromatic ring is 1. The fourth-order valence-corrected chi connectivity index (χ4v) is 2.22. The highest BCUT2D eigenvalue weighted by Crippen LogP contribution is 2.20. The van der Waals surface area contributed by atoms with E-state index in [9.17, 15) is 4.79 Å². The zero-order chi connectivity index (χ0) is 17.1. The third kappa shape index (κ3) is 3.38. The standard InChI is InChI=1S/C17H14ClN3O3/c1-10-3-2-4-13(15(10)19)17(22)23-9-14-20-16(21-24-14)11-5-7-12(18)8-6-11/h2-8H,9,19H2,1H3. The average Bonchev–Trinajstić information content (AvgIpc) is 3.05. The summed E-state index contributed by atoms with van der Waals surface area (Å²) in [5, 5.41) is 4.47. The van der Waals surface area contributed by atoms with E-state index in [1.807, 2.05) is 13.0 Å². The summed E-state index contributed by atoms with van der Waals surface area (Å²) in [4.78, 5) is 16.3. The lowest BCUT2D eigenvalue weighted by molar-refractivity contribution is 0.0431. The Balaban J connectivity index is 1.68. The first kappa shape index (κ1) is 16.0. The minimum Gasteiger partial charge on any atom is -0.452 e. The average molecular weight is 344 g/mol. The molecule has 0 aliphatic heterocycles. The smallest absolute Gasteiger partial charge is 0.340 e. The molecule has 1 aromatic heterocycles. The van der Waals surface area contributed by atoms with Crippen LogP contribution in [0.1, 0.15) is 21.8 Å². The fraction of sp³-hybridized carbons (Fsp3) is 0.118. The molecule has 0 spiro atoms. The van der Waals surface area contributed by atoms with Crippen molar-refractivity contribution in [3.05, 3.63) is 64.5 Å². The number of hydrogen-bond donors (Lipinski definition) is 1. The maximum Gasteiger partial charge on any atom is 0.340 e. The van der Waals surface area contributed by atoms with Crippen LogP contribution in [0.3, 0.4) is 0 Å². The number of nitrogens with zero attached hydrogens (tertiary/aromatic N) is 2. The van der Waals surface area contributed by atoms with E-state index >= 15 is 0 Å². The molecular formula is C17H14ClN3O3. The van der Waals surface area contributed by atoms with Crippen LogP contribution < -0.4 is 5.73 Å². The van der Waals surface area contributed by atoms with E-state index in [0.29, 0.717) is 22.1 Å². The number of carbonyl (C=O) groups is 1. The second kappa shape index (κ2) is 6.72. The molecule has 0 amide bonds. The van der Waals surface area contributed by atoms with E-state index in [4.69, 9.17) is 26.6 Å². The Bertz CT molecular complexity index is 875. The quantitative estimate of drug-likeness (QED) is 0.574. The van der Waals surface area contributed by atoms with Gasteiger partial charge in [0.05, 0.1) is 5.56 Å². The molecule has 1 heterocycles. The molecule has 0 aliphatic carbocycles. The Morgan fingerprint density at radius 1 is 1.25 bits per heavy atom. The second-order valence-corrected chi connectivity index (χ2v) is 5.57. The van der Waals surface area contributed by atoms with Gasteiger partial charge in [-0.15, -0.1) is 0 Å². The zero-order valence-corrected chi connectivity index (χ0v) is 13.6. The summed E-state index contributed by atoms with van der Waals surface area (Å²) < 4.78 is 10.3. The van der Waals surface area contributed by atoms with Gasteiger partial charge in [-0.1, -0.05) is 28.9 Å². The monoisotopic (exact) mass is 343 g/mol. The number of benzene rings is 2. The highest BCUT2D eigenvalue weighted by atomic mass is 35.5. The van der Waals surface area contributed by atoms with Gasteiger partial charge in [-0.2, -0.15) is 4.98 Å². The summed E-state index contributed by atoms with van der Waals surface area (Å²) in [7, 11) is 0. The number of rotatable bonds is 4. The number of ether oxygens (including phenoxy) is 1. The van der Waals surface area contributed by atoms with Gasteiger partial charge in [0.25, 0.3) is 5.89 Å². The number of esters is 1. The number of anilines is 1. The lowest BCUT2D eigenvalue weighted by Crippen LogP contribution is -2.09. The maximum atomic E-state index is 12.1. The van der Waals surface area contributed by atoms with Crippen molar-refractivity contribution in [2.24, 2.45) is 0 Å². The van der Waals surface area contributed by atoms with E-state index in [1.54, 1.807) is 36.4 Å². The van der Waals surface area contributed by atoms with Gasteiger partial charge in [-0.05, 0) is 42.8 Å². The van der Waals surface area contributed by atoms with Crippen molar-refractivity contribution in [3.63, 3.8) is 0 Å². The molecule has 0 bridgehead atoms. The molecule has 122 valence electrons. The molecule has 3 aromatic rings. The van der Waals surface area contributed by atoms with Gasteiger partial charge >= 0.3 is 5.97 Å². The molecule has 6 nitrogen and oxygen atoms in total. The van der Waals surface area contributed by atoms with E-state index in [2.05, 4.69) is 10.1 Å². The highest BCUT2D eigenvalue weighted by Gasteiger charge is 2.15. The lowest BCUT2D eigenvalue weighted by Gasteiger charge is -2.07. The molecule has 0 saturated heterocycles.